The van der Waals surface area contributed by atoms with E-state index in [4.69, 9.17) is 14.6 Å². The van der Waals surface area contributed by atoms with E-state index >= 15 is 0 Å². The molecule has 0 saturated carbocycles. The summed E-state index contributed by atoms with van der Waals surface area (Å²) in [5.74, 6) is -0.607. The van der Waals surface area contributed by atoms with Gasteiger partial charge in [0.25, 0.3) is 0 Å². The monoisotopic (exact) mass is 190 g/mol. The second-order valence-electron chi connectivity index (χ2n) is 4.02. The van der Waals surface area contributed by atoms with Crippen LogP contribution >= 0.6 is 0 Å². The lowest BCUT2D eigenvalue weighted by Gasteiger charge is -2.21. The van der Waals surface area contributed by atoms with E-state index in [-0.39, 0.29) is 6.10 Å². The minimum atomic E-state index is -0.651. The van der Waals surface area contributed by atoms with E-state index in [0.29, 0.717) is 13.0 Å². The van der Waals surface area contributed by atoms with Crippen molar-refractivity contribution in [3.63, 3.8) is 0 Å². The number of aliphatic hydroxyl groups is 2. The number of rotatable bonds is 3. The summed E-state index contributed by atoms with van der Waals surface area (Å²) in [4.78, 5) is 0. The quantitative estimate of drug-likeness (QED) is 0.670. The molecule has 1 heterocycles. The molecule has 0 aromatic heterocycles. The van der Waals surface area contributed by atoms with Crippen LogP contribution in [0, 0.1) is 0 Å². The van der Waals surface area contributed by atoms with Crippen molar-refractivity contribution in [2.24, 2.45) is 0 Å². The van der Waals surface area contributed by atoms with Crippen LogP contribution in [-0.4, -0.2) is 40.9 Å². The molecule has 1 rings (SSSR count). The molecule has 4 heteroatoms. The Morgan fingerprint density at radius 1 is 1.46 bits per heavy atom. The molecule has 1 aliphatic rings. The van der Waals surface area contributed by atoms with Gasteiger partial charge >= 0.3 is 0 Å². The molecule has 0 aromatic rings. The van der Waals surface area contributed by atoms with Gasteiger partial charge in [0.05, 0.1) is 18.8 Å². The molecule has 0 aromatic carbocycles. The fraction of sp³-hybridized carbons (Fsp3) is 1.00. The van der Waals surface area contributed by atoms with Crippen molar-refractivity contribution >= 4 is 0 Å². The van der Waals surface area contributed by atoms with Gasteiger partial charge in [-0.1, -0.05) is 0 Å². The Labute approximate surface area is 78.5 Å². The molecule has 3 atom stereocenters. The molecule has 13 heavy (non-hydrogen) atoms. The zero-order valence-electron chi connectivity index (χ0n) is 8.36. The molecule has 0 aliphatic carbocycles. The maximum absolute atomic E-state index is 9.59. The zero-order valence-corrected chi connectivity index (χ0v) is 8.36. The number of ether oxygens (including phenoxy) is 2. The van der Waals surface area contributed by atoms with E-state index in [1.807, 2.05) is 13.8 Å². The summed E-state index contributed by atoms with van der Waals surface area (Å²) in [5.41, 5.74) is 0. The van der Waals surface area contributed by atoms with E-state index in [9.17, 15) is 5.11 Å². The van der Waals surface area contributed by atoms with Crippen molar-refractivity contribution in [3.8, 4) is 0 Å². The highest BCUT2D eigenvalue weighted by molar-refractivity contribution is 4.78. The van der Waals surface area contributed by atoms with Gasteiger partial charge in [-0.3, -0.25) is 0 Å². The van der Waals surface area contributed by atoms with Crippen molar-refractivity contribution in [1.82, 2.24) is 0 Å². The maximum atomic E-state index is 9.59. The van der Waals surface area contributed by atoms with E-state index < -0.39 is 18.0 Å². The summed E-state index contributed by atoms with van der Waals surface area (Å²) in [7, 11) is 0. The van der Waals surface area contributed by atoms with Gasteiger partial charge in [-0.05, 0) is 20.8 Å². The van der Waals surface area contributed by atoms with Gasteiger partial charge in [0.2, 0.25) is 0 Å². The fourth-order valence-corrected chi connectivity index (χ4v) is 1.41. The minimum Gasteiger partial charge on any atom is -0.393 e. The van der Waals surface area contributed by atoms with Crippen LogP contribution < -0.4 is 0 Å². The van der Waals surface area contributed by atoms with Gasteiger partial charge in [-0.25, -0.2) is 0 Å². The molecule has 1 aliphatic heterocycles. The van der Waals surface area contributed by atoms with Crippen LogP contribution in [0.4, 0.5) is 0 Å². The first-order valence-corrected chi connectivity index (χ1v) is 4.58. The molecule has 0 amide bonds. The summed E-state index contributed by atoms with van der Waals surface area (Å²) in [5, 5.41) is 18.6. The standard InChI is InChI=1S/C9H18O4/c1-6(10)4-7(11)8-5-12-9(2,3)13-8/h6-8,10-11H,4-5H2,1-3H3/t6-,7-,8+/m0/s1. The average molecular weight is 190 g/mol. The van der Waals surface area contributed by atoms with Gasteiger partial charge in [0, 0.05) is 6.42 Å². The van der Waals surface area contributed by atoms with E-state index in [0.717, 1.165) is 0 Å². The predicted octanol–water partition coefficient (Wildman–Crippen LogP) is 0.270. The van der Waals surface area contributed by atoms with Crippen molar-refractivity contribution in [1.29, 1.82) is 0 Å². The van der Waals surface area contributed by atoms with Crippen molar-refractivity contribution in [2.45, 2.75) is 51.3 Å². The Kier molecular flexibility index (Phi) is 3.29. The topological polar surface area (TPSA) is 58.9 Å². The Morgan fingerprint density at radius 2 is 2.08 bits per heavy atom. The SMILES string of the molecule is C[C@H](O)C[C@H](O)[C@H]1COC(C)(C)O1. The molecule has 1 saturated heterocycles. The van der Waals surface area contributed by atoms with Gasteiger partial charge in [-0.15, -0.1) is 0 Å². The largest absolute Gasteiger partial charge is 0.393 e. The highest BCUT2D eigenvalue weighted by atomic mass is 16.7. The lowest BCUT2D eigenvalue weighted by molar-refractivity contribution is -0.153. The zero-order chi connectivity index (χ0) is 10.1. The van der Waals surface area contributed by atoms with Crippen molar-refractivity contribution < 1.29 is 19.7 Å². The van der Waals surface area contributed by atoms with Crippen molar-refractivity contribution in [2.75, 3.05) is 6.61 Å². The lowest BCUT2D eigenvalue weighted by Crippen LogP contribution is -2.32. The molecular weight excluding hydrogens is 172 g/mol. The summed E-state index contributed by atoms with van der Waals surface area (Å²) in [6, 6.07) is 0. The van der Waals surface area contributed by atoms with Crippen LogP contribution in [0.3, 0.4) is 0 Å². The van der Waals surface area contributed by atoms with E-state index in [1.165, 1.54) is 0 Å². The molecular formula is C9H18O4. The molecule has 2 N–H and O–H groups in total. The first-order chi connectivity index (χ1) is 5.91. The predicted molar refractivity (Wildman–Crippen MR) is 47.2 cm³/mol. The van der Waals surface area contributed by atoms with Crippen LogP contribution in [0.1, 0.15) is 27.2 Å². The molecule has 0 unspecified atom stereocenters. The average Bonchev–Trinajstić information content (AvgIpc) is 2.28. The number of hydrogen-bond donors (Lipinski definition) is 2. The third-order valence-corrected chi connectivity index (χ3v) is 2.04. The molecule has 78 valence electrons. The highest BCUT2D eigenvalue weighted by Gasteiger charge is 2.36. The van der Waals surface area contributed by atoms with E-state index in [2.05, 4.69) is 0 Å². The van der Waals surface area contributed by atoms with Gasteiger partial charge in [0.15, 0.2) is 5.79 Å². The molecule has 1 fully saturated rings. The van der Waals surface area contributed by atoms with E-state index in [1.54, 1.807) is 6.92 Å². The van der Waals surface area contributed by atoms with Gasteiger partial charge in [-0.2, -0.15) is 0 Å². The fourth-order valence-electron chi connectivity index (χ4n) is 1.41. The van der Waals surface area contributed by atoms with Crippen LogP contribution in [0.25, 0.3) is 0 Å². The summed E-state index contributed by atoms with van der Waals surface area (Å²) in [6.45, 7) is 5.65. The molecule has 0 spiro atoms. The van der Waals surface area contributed by atoms with Gasteiger partial charge in [0.1, 0.15) is 6.10 Å². The van der Waals surface area contributed by atoms with Gasteiger partial charge < -0.3 is 19.7 Å². The summed E-state index contributed by atoms with van der Waals surface area (Å²) < 4.78 is 10.7. The van der Waals surface area contributed by atoms with Crippen LogP contribution in [0.5, 0.6) is 0 Å². The van der Waals surface area contributed by atoms with Crippen LogP contribution in [0.2, 0.25) is 0 Å². The molecule has 4 nitrogen and oxygen atoms in total. The Balaban J connectivity index is 2.37. The second kappa shape index (κ2) is 3.92. The maximum Gasteiger partial charge on any atom is 0.163 e. The first kappa shape index (κ1) is 10.9. The normalized spacial score (nSPS) is 31.6. The molecule has 0 radical (unpaired) electrons. The highest BCUT2D eigenvalue weighted by Crippen LogP contribution is 2.25. The van der Waals surface area contributed by atoms with Crippen LogP contribution in [0.15, 0.2) is 0 Å². The first-order valence-electron chi connectivity index (χ1n) is 4.58. The number of hydrogen-bond acceptors (Lipinski definition) is 4. The Morgan fingerprint density at radius 3 is 2.46 bits per heavy atom. The molecule has 0 bridgehead atoms. The minimum absolute atomic E-state index is 0.315. The van der Waals surface area contributed by atoms with Crippen molar-refractivity contribution in [3.05, 3.63) is 0 Å². The summed E-state index contributed by atoms with van der Waals surface area (Å²) in [6.07, 6.45) is -1.15. The van der Waals surface area contributed by atoms with Crippen LogP contribution in [-0.2, 0) is 9.47 Å². The lowest BCUT2D eigenvalue weighted by atomic mass is 10.1. The number of aliphatic hydroxyl groups excluding tert-OH is 2. The second-order valence-corrected chi connectivity index (χ2v) is 4.02. The Bertz CT molecular complexity index is 167. The Hall–Kier alpha value is -0.160. The smallest absolute Gasteiger partial charge is 0.163 e. The summed E-state index contributed by atoms with van der Waals surface area (Å²) >= 11 is 0. The third-order valence-electron chi connectivity index (χ3n) is 2.04. The third kappa shape index (κ3) is 3.23.